The van der Waals surface area contributed by atoms with Gasteiger partial charge in [0, 0.05) is 45.5 Å². The average molecular weight is 556 g/mol. The van der Waals surface area contributed by atoms with Crippen LogP contribution in [0, 0.1) is 11.3 Å². The lowest BCUT2D eigenvalue weighted by Gasteiger charge is -2.35. The highest BCUT2D eigenvalue weighted by Crippen LogP contribution is 2.37. The molecule has 0 atom stereocenters. The van der Waals surface area contributed by atoms with Gasteiger partial charge in [-0.1, -0.05) is 12.2 Å². The van der Waals surface area contributed by atoms with Gasteiger partial charge in [-0.25, -0.2) is 0 Å². The van der Waals surface area contributed by atoms with Crippen LogP contribution in [0.4, 0.5) is 18.9 Å². The Kier molecular flexibility index (Phi) is 10.5. The number of unbranched alkanes of at least 4 members (excludes halogenated alkanes) is 1. The molecule has 0 saturated carbocycles. The molecule has 0 bridgehead atoms. The van der Waals surface area contributed by atoms with Crippen molar-refractivity contribution in [1.29, 1.82) is 5.26 Å². The first kappa shape index (κ1) is 30.2. The molecule has 2 aliphatic heterocycles. The van der Waals surface area contributed by atoms with E-state index in [-0.39, 0.29) is 12.5 Å². The van der Waals surface area contributed by atoms with Crippen LogP contribution in [0.2, 0.25) is 0 Å². The van der Waals surface area contributed by atoms with Gasteiger partial charge in [0.15, 0.2) is 0 Å². The lowest BCUT2D eigenvalue weighted by molar-refractivity contribution is -0.138. The van der Waals surface area contributed by atoms with E-state index in [0.29, 0.717) is 43.6 Å². The predicted molar refractivity (Wildman–Crippen MR) is 142 cm³/mol. The molecule has 0 aliphatic carbocycles. The second-order valence-electron chi connectivity index (χ2n) is 10.0. The molecule has 1 aromatic rings. The first-order chi connectivity index (χ1) is 18.0. The molecule has 1 amide bonds. The molecule has 0 N–H and O–H groups in total. The molecule has 210 valence electrons. The largest absolute Gasteiger partial charge is 0.417 e. The third-order valence-corrected chi connectivity index (χ3v) is 7.87. The Balaban J connectivity index is 1.46. The number of alkyl halides is 3. The van der Waals surface area contributed by atoms with Gasteiger partial charge in [-0.3, -0.25) is 14.6 Å². The molecule has 2 heterocycles. The van der Waals surface area contributed by atoms with Crippen molar-refractivity contribution in [2.45, 2.75) is 38.4 Å². The predicted octanol–water partition coefficient (Wildman–Crippen LogP) is 3.35. The highest BCUT2D eigenvalue weighted by Gasteiger charge is 2.43. The quantitative estimate of drug-likeness (QED) is 0.304. The van der Waals surface area contributed by atoms with Gasteiger partial charge < -0.3 is 19.3 Å². The van der Waals surface area contributed by atoms with Crippen LogP contribution < -0.4 is 4.90 Å². The lowest BCUT2D eigenvalue weighted by Crippen LogP contribution is -2.50. The zero-order valence-corrected chi connectivity index (χ0v) is 23.0. The van der Waals surface area contributed by atoms with Gasteiger partial charge in [0.2, 0.25) is 5.91 Å². The number of ether oxygens (including phenoxy) is 2. The minimum atomic E-state index is -4.62. The van der Waals surface area contributed by atoms with Crippen molar-refractivity contribution in [1.82, 2.24) is 14.7 Å². The van der Waals surface area contributed by atoms with Crippen LogP contribution in [-0.2, 0) is 20.4 Å². The monoisotopic (exact) mass is 555 g/mol. The molecule has 2 aliphatic rings. The minimum Gasteiger partial charge on any atom is -0.382 e. The van der Waals surface area contributed by atoms with Gasteiger partial charge >= 0.3 is 6.18 Å². The summed E-state index contributed by atoms with van der Waals surface area (Å²) in [5, 5.41) is 9.09. The van der Waals surface area contributed by atoms with Gasteiger partial charge in [-0.2, -0.15) is 18.4 Å². The van der Waals surface area contributed by atoms with E-state index < -0.39 is 22.8 Å². The highest BCUT2D eigenvalue weighted by atomic mass is 32.1. The smallest absolute Gasteiger partial charge is 0.382 e. The van der Waals surface area contributed by atoms with Crippen molar-refractivity contribution in [2.75, 3.05) is 77.8 Å². The first-order valence-corrected chi connectivity index (χ1v) is 13.1. The van der Waals surface area contributed by atoms with E-state index in [1.807, 2.05) is 18.7 Å². The van der Waals surface area contributed by atoms with E-state index in [1.54, 1.807) is 18.1 Å². The lowest BCUT2D eigenvalue weighted by atomic mass is 10.0. The van der Waals surface area contributed by atoms with Crippen molar-refractivity contribution >= 4 is 28.8 Å². The summed E-state index contributed by atoms with van der Waals surface area (Å²) >= 11 is 5.67. The van der Waals surface area contributed by atoms with Crippen LogP contribution in [0.1, 0.15) is 37.8 Å². The third-order valence-electron chi connectivity index (χ3n) is 7.15. The number of amides is 1. The topological polar surface area (TPSA) is 72.3 Å². The maximum absolute atomic E-state index is 13.5. The summed E-state index contributed by atoms with van der Waals surface area (Å²) in [6.07, 6.45) is -2.75. The summed E-state index contributed by atoms with van der Waals surface area (Å²) in [6, 6.07) is 5.37. The fraction of sp³-hybridized carbons (Fsp3) is 0.654. The van der Waals surface area contributed by atoms with Crippen LogP contribution in [-0.4, -0.2) is 104 Å². The van der Waals surface area contributed by atoms with Crippen molar-refractivity contribution in [3.63, 3.8) is 0 Å². The van der Waals surface area contributed by atoms with Gasteiger partial charge in [-0.05, 0) is 51.4 Å². The van der Waals surface area contributed by atoms with Crippen LogP contribution >= 0.6 is 12.2 Å². The zero-order chi connectivity index (χ0) is 27.9. The van der Waals surface area contributed by atoms with Crippen molar-refractivity contribution < 1.29 is 27.4 Å². The summed E-state index contributed by atoms with van der Waals surface area (Å²) in [5.41, 5.74) is -1.49. The van der Waals surface area contributed by atoms with Crippen molar-refractivity contribution in [3.8, 4) is 6.07 Å². The molecule has 0 spiro atoms. The Morgan fingerprint density at radius 1 is 1.13 bits per heavy atom. The van der Waals surface area contributed by atoms with Gasteiger partial charge in [-0.15, -0.1) is 0 Å². The Labute approximate surface area is 227 Å². The van der Waals surface area contributed by atoms with E-state index >= 15 is 0 Å². The molecule has 3 rings (SSSR count). The number of nitriles is 1. The number of carbonyl (C=O) groups excluding carboxylic acids is 1. The molecule has 8 nitrogen and oxygen atoms in total. The fourth-order valence-corrected chi connectivity index (χ4v) is 5.00. The fourth-order valence-electron chi connectivity index (χ4n) is 4.71. The average Bonchev–Trinajstić information content (AvgIpc) is 3.12. The van der Waals surface area contributed by atoms with Crippen LogP contribution in [0.5, 0.6) is 0 Å². The van der Waals surface area contributed by atoms with Crippen LogP contribution in [0.15, 0.2) is 18.2 Å². The number of piperazine rings is 1. The summed E-state index contributed by atoms with van der Waals surface area (Å²) in [4.78, 5) is 20.9. The summed E-state index contributed by atoms with van der Waals surface area (Å²) < 4.78 is 50.7. The zero-order valence-electron chi connectivity index (χ0n) is 22.2. The third kappa shape index (κ3) is 7.42. The number of nitrogens with zero attached hydrogens (tertiary/aromatic N) is 5. The van der Waals surface area contributed by atoms with Crippen molar-refractivity contribution in [3.05, 3.63) is 29.3 Å². The second-order valence-corrected chi connectivity index (χ2v) is 10.4. The van der Waals surface area contributed by atoms with Crippen LogP contribution in [0.3, 0.4) is 0 Å². The Morgan fingerprint density at radius 2 is 1.82 bits per heavy atom. The maximum atomic E-state index is 13.5. The van der Waals surface area contributed by atoms with Gasteiger partial charge in [0.1, 0.15) is 11.6 Å². The molecule has 1 aromatic carbocycles. The Hall–Kier alpha value is -2.30. The highest BCUT2D eigenvalue weighted by molar-refractivity contribution is 7.80. The SMILES string of the molecule is COCCOCC(=O)N1CCN(CCCCN2CN(c3ccc(C#N)c(C(F)(F)F)c3)C(=S)C2(C)C)CC1. The first-order valence-electron chi connectivity index (χ1n) is 12.7. The minimum absolute atomic E-state index is 0.00200. The summed E-state index contributed by atoms with van der Waals surface area (Å²) in [5.74, 6) is 0.00200. The number of anilines is 1. The second kappa shape index (κ2) is 13.2. The summed E-state index contributed by atoms with van der Waals surface area (Å²) in [6.45, 7) is 9.97. The van der Waals surface area contributed by atoms with E-state index in [0.717, 1.165) is 45.1 Å². The number of hydrogen-bond acceptors (Lipinski definition) is 7. The van der Waals surface area contributed by atoms with E-state index in [1.165, 1.54) is 12.1 Å². The molecule has 38 heavy (non-hydrogen) atoms. The molecule has 0 unspecified atom stereocenters. The van der Waals surface area contributed by atoms with Crippen molar-refractivity contribution in [2.24, 2.45) is 0 Å². The number of halogens is 3. The number of thiocarbonyl (C=S) groups is 1. The molecule has 0 aromatic heterocycles. The Morgan fingerprint density at radius 3 is 2.45 bits per heavy atom. The van der Waals surface area contributed by atoms with E-state index in [4.69, 9.17) is 27.0 Å². The standard InChI is InChI=1S/C26H36F3N5O3S/c1-25(2)24(38)34(21-7-6-20(17-30)22(16-21)26(27,28)29)19-33(25)9-5-4-8-31-10-12-32(13-11-31)23(35)18-37-15-14-36-3/h6-7,16H,4-5,8-15,18-19H2,1-3H3. The number of hydrogen-bond donors (Lipinski definition) is 0. The van der Waals surface area contributed by atoms with Gasteiger partial charge in [0.25, 0.3) is 0 Å². The molecular formula is C26H36F3N5O3S. The maximum Gasteiger partial charge on any atom is 0.417 e. The normalized spacial score (nSPS) is 18.7. The van der Waals surface area contributed by atoms with Crippen LogP contribution in [0.25, 0.3) is 0 Å². The Bertz CT molecular complexity index is 1020. The number of carbonyl (C=O) groups is 1. The molecule has 12 heteroatoms. The molecule has 2 saturated heterocycles. The number of rotatable bonds is 11. The molecule has 0 radical (unpaired) electrons. The summed E-state index contributed by atoms with van der Waals surface area (Å²) in [7, 11) is 1.59. The van der Waals surface area contributed by atoms with Gasteiger partial charge in [0.05, 0.1) is 42.6 Å². The molecular weight excluding hydrogens is 519 g/mol. The van der Waals surface area contributed by atoms with E-state index in [9.17, 15) is 18.0 Å². The van der Waals surface area contributed by atoms with E-state index in [2.05, 4.69) is 9.80 Å². The number of methoxy groups -OCH3 is 1. The number of benzene rings is 1. The molecule has 2 fully saturated rings.